The predicted molar refractivity (Wildman–Crippen MR) is 87.3 cm³/mol. The Labute approximate surface area is 133 Å². The van der Waals surface area contributed by atoms with E-state index in [1.54, 1.807) is 12.1 Å². The smallest absolute Gasteiger partial charge is 0.335 e. The number of aromatic carboxylic acids is 1. The topological polar surface area (TPSA) is 83.5 Å². The summed E-state index contributed by atoms with van der Waals surface area (Å²) in [7, 11) is 0. The highest BCUT2D eigenvalue weighted by Gasteiger charge is 2.20. The van der Waals surface area contributed by atoms with E-state index in [9.17, 15) is 9.90 Å². The summed E-state index contributed by atoms with van der Waals surface area (Å²) in [5.74, 6) is -0.872. The van der Waals surface area contributed by atoms with E-state index in [2.05, 4.69) is 0 Å². The van der Waals surface area contributed by atoms with Crippen molar-refractivity contribution in [1.82, 2.24) is 0 Å². The van der Waals surface area contributed by atoms with Gasteiger partial charge in [0.15, 0.2) is 0 Å². The first-order valence-electron chi connectivity index (χ1n) is 6.55. The van der Waals surface area contributed by atoms with Crippen molar-refractivity contribution >= 4 is 28.6 Å². The number of fused-ring (bicyclic) bond motifs is 1. The molecule has 21 heavy (non-hydrogen) atoms. The van der Waals surface area contributed by atoms with Gasteiger partial charge in [0.25, 0.3) is 0 Å². The van der Waals surface area contributed by atoms with Crippen molar-refractivity contribution in [2.45, 2.75) is 19.3 Å². The van der Waals surface area contributed by atoms with E-state index in [1.165, 1.54) is 17.7 Å². The molecule has 1 aliphatic rings. The molecular formula is C16H16BrNO3. The summed E-state index contributed by atoms with van der Waals surface area (Å²) in [6, 6.07) is 8.41. The number of benzene rings is 2. The number of rotatable bonds is 2. The number of aromatic hydroxyl groups is 1. The Morgan fingerprint density at radius 3 is 2.43 bits per heavy atom. The molecule has 0 radical (unpaired) electrons. The highest BCUT2D eigenvalue weighted by atomic mass is 79.9. The molecule has 1 aliphatic carbocycles. The number of carboxylic acid groups (broad SMARTS) is 1. The minimum absolute atomic E-state index is 0. The fourth-order valence-corrected chi connectivity index (χ4v) is 2.78. The first-order valence-corrected chi connectivity index (χ1v) is 6.55. The SMILES string of the molecule is Br.Nc1c(O)c(-c2ccc(C(=O)O)cc2)cc2c1CCC2. The Morgan fingerprint density at radius 1 is 1.14 bits per heavy atom. The van der Waals surface area contributed by atoms with E-state index >= 15 is 0 Å². The number of carbonyl (C=O) groups is 1. The minimum Gasteiger partial charge on any atom is -0.505 e. The summed E-state index contributed by atoms with van der Waals surface area (Å²) in [5.41, 5.74) is 10.4. The zero-order valence-electron chi connectivity index (χ0n) is 11.3. The molecule has 0 bridgehead atoms. The lowest BCUT2D eigenvalue weighted by atomic mass is 9.97. The highest BCUT2D eigenvalue weighted by Crippen LogP contribution is 2.41. The van der Waals surface area contributed by atoms with Crippen molar-refractivity contribution in [3.05, 3.63) is 47.0 Å². The van der Waals surface area contributed by atoms with Crippen molar-refractivity contribution in [1.29, 1.82) is 0 Å². The Kier molecular flexibility index (Phi) is 4.23. The number of anilines is 1. The van der Waals surface area contributed by atoms with Crippen LogP contribution in [-0.4, -0.2) is 16.2 Å². The van der Waals surface area contributed by atoms with Gasteiger partial charge in [-0.2, -0.15) is 0 Å². The number of hydrogen-bond donors (Lipinski definition) is 3. The molecule has 0 aromatic heterocycles. The number of nitrogens with two attached hydrogens (primary N) is 1. The van der Waals surface area contributed by atoms with Gasteiger partial charge in [0.05, 0.1) is 11.3 Å². The lowest BCUT2D eigenvalue weighted by Gasteiger charge is -2.12. The zero-order valence-corrected chi connectivity index (χ0v) is 13.0. The Morgan fingerprint density at radius 2 is 1.81 bits per heavy atom. The van der Waals surface area contributed by atoms with Crippen molar-refractivity contribution in [3.8, 4) is 16.9 Å². The monoisotopic (exact) mass is 349 g/mol. The lowest BCUT2D eigenvalue weighted by Crippen LogP contribution is -1.97. The van der Waals surface area contributed by atoms with Gasteiger partial charge in [0, 0.05) is 5.56 Å². The maximum Gasteiger partial charge on any atom is 0.335 e. The number of halogens is 1. The molecule has 4 N–H and O–H groups in total. The van der Waals surface area contributed by atoms with E-state index < -0.39 is 5.97 Å². The van der Waals surface area contributed by atoms with E-state index in [4.69, 9.17) is 10.8 Å². The Balaban J connectivity index is 0.00000161. The first-order chi connectivity index (χ1) is 9.58. The van der Waals surface area contributed by atoms with E-state index in [-0.39, 0.29) is 28.3 Å². The number of hydrogen-bond acceptors (Lipinski definition) is 3. The van der Waals surface area contributed by atoms with Crippen LogP contribution < -0.4 is 5.73 Å². The highest BCUT2D eigenvalue weighted by molar-refractivity contribution is 8.93. The van der Waals surface area contributed by atoms with Gasteiger partial charge in [-0.1, -0.05) is 12.1 Å². The minimum atomic E-state index is -0.964. The second kappa shape index (κ2) is 5.77. The molecule has 4 nitrogen and oxygen atoms in total. The molecule has 0 saturated heterocycles. The first kappa shape index (κ1) is 15.4. The maximum atomic E-state index is 10.9. The van der Waals surface area contributed by atoms with Crippen molar-refractivity contribution in [3.63, 3.8) is 0 Å². The predicted octanol–water partition coefficient (Wildman–Crippen LogP) is 3.41. The van der Waals surface area contributed by atoms with Gasteiger partial charge in [-0.25, -0.2) is 4.79 Å². The van der Waals surface area contributed by atoms with E-state index in [1.807, 2.05) is 6.07 Å². The Bertz CT molecular complexity index is 696. The van der Waals surface area contributed by atoms with Crippen LogP contribution in [0.5, 0.6) is 5.75 Å². The molecule has 0 unspecified atom stereocenters. The number of phenolic OH excluding ortho intramolecular Hbond substituents is 1. The van der Waals surface area contributed by atoms with Gasteiger partial charge in [0.1, 0.15) is 5.75 Å². The van der Waals surface area contributed by atoms with Gasteiger partial charge < -0.3 is 15.9 Å². The third-order valence-corrected chi connectivity index (χ3v) is 3.86. The standard InChI is InChI=1S/C16H15NO3.BrH/c17-14-12-3-1-2-11(12)8-13(15(14)18)9-4-6-10(7-5-9)16(19)20;/h4-8,18H,1-3,17H2,(H,19,20);1H. The van der Waals surface area contributed by atoms with Crippen molar-refractivity contribution in [2.24, 2.45) is 0 Å². The molecule has 2 aromatic carbocycles. The second-order valence-corrected chi connectivity index (χ2v) is 5.06. The van der Waals surface area contributed by atoms with Crippen LogP contribution in [0.4, 0.5) is 5.69 Å². The average molecular weight is 350 g/mol. The van der Waals surface area contributed by atoms with Crippen LogP contribution in [0.25, 0.3) is 11.1 Å². The third kappa shape index (κ3) is 2.61. The Hall–Kier alpha value is -2.01. The van der Waals surface area contributed by atoms with Gasteiger partial charge in [-0.05, 0) is 54.2 Å². The molecule has 0 heterocycles. The molecule has 0 aliphatic heterocycles. The fourth-order valence-electron chi connectivity index (χ4n) is 2.78. The number of nitrogen functional groups attached to an aromatic ring is 1. The van der Waals surface area contributed by atoms with Crippen molar-refractivity contribution < 1.29 is 15.0 Å². The van der Waals surface area contributed by atoms with Gasteiger partial charge in [0.2, 0.25) is 0 Å². The number of phenols is 1. The van der Waals surface area contributed by atoms with Crippen LogP contribution in [0.1, 0.15) is 27.9 Å². The largest absolute Gasteiger partial charge is 0.505 e. The fraction of sp³-hybridized carbons (Fsp3) is 0.188. The summed E-state index contributed by atoms with van der Waals surface area (Å²) in [6.07, 6.45) is 2.94. The van der Waals surface area contributed by atoms with Crippen LogP contribution in [0.2, 0.25) is 0 Å². The summed E-state index contributed by atoms with van der Waals surface area (Å²) in [4.78, 5) is 10.9. The lowest BCUT2D eigenvalue weighted by molar-refractivity contribution is 0.0697. The summed E-state index contributed by atoms with van der Waals surface area (Å²) in [5, 5.41) is 19.2. The molecule has 2 aromatic rings. The molecule has 0 fully saturated rings. The van der Waals surface area contributed by atoms with Crippen LogP contribution in [0.3, 0.4) is 0 Å². The quantitative estimate of drug-likeness (QED) is 0.573. The van der Waals surface area contributed by atoms with Gasteiger partial charge in [-0.15, -0.1) is 17.0 Å². The van der Waals surface area contributed by atoms with Crippen LogP contribution in [0.15, 0.2) is 30.3 Å². The maximum absolute atomic E-state index is 10.9. The van der Waals surface area contributed by atoms with Crippen LogP contribution >= 0.6 is 17.0 Å². The molecule has 0 spiro atoms. The molecule has 0 amide bonds. The number of aryl methyl sites for hydroxylation is 1. The van der Waals surface area contributed by atoms with Gasteiger partial charge >= 0.3 is 5.97 Å². The van der Waals surface area contributed by atoms with Crippen molar-refractivity contribution in [2.75, 3.05) is 5.73 Å². The average Bonchev–Trinajstić information content (AvgIpc) is 2.91. The van der Waals surface area contributed by atoms with E-state index in [0.717, 1.165) is 30.4 Å². The molecule has 3 rings (SSSR count). The summed E-state index contributed by atoms with van der Waals surface area (Å²) < 4.78 is 0. The molecule has 110 valence electrons. The zero-order chi connectivity index (χ0) is 14.3. The molecular weight excluding hydrogens is 334 g/mol. The second-order valence-electron chi connectivity index (χ2n) is 5.06. The summed E-state index contributed by atoms with van der Waals surface area (Å²) in [6.45, 7) is 0. The van der Waals surface area contributed by atoms with E-state index in [0.29, 0.717) is 11.3 Å². The number of carboxylic acids is 1. The normalized spacial score (nSPS) is 12.6. The summed E-state index contributed by atoms with van der Waals surface area (Å²) >= 11 is 0. The van der Waals surface area contributed by atoms with Gasteiger partial charge in [-0.3, -0.25) is 0 Å². The van der Waals surface area contributed by atoms with Crippen LogP contribution in [0, 0.1) is 0 Å². The van der Waals surface area contributed by atoms with Crippen LogP contribution in [-0.2, 0) is 12.8 Å². The molecule has 5 heteroatoms. The third-order valence-electron chi connectivity index (χ3n) is 3.86. The molecule has 0 saturated carbocycles. The molecule has 0 atom stereocenters.